The average molecular weight is 394 g/mol. The van der Waals surface area contributed by atoms with E-state index in [1.807, 2.05) is 0 Å². The van der Waals surface area contributed by atoms with E-state index in [1.165, 1.54) is 6.07 Å². The molecule has 0 aliphatic rings. The summed E-state index contributed by atoms with van der Waals surface area (Å²) in [7, 11) is -4.54. The number of hydrogen-bond acceptors (Lipinski definition) is 4. The molecule has 0 bridgehead atoms. The topological polar surface area (TPSA) is 70.8 Å². The molecule has 2 rings (SSSR count). The second kappa shape index (κ2) is 6.60. The summed E-state index contributed by atoms with van der Waals surface area (Å²) in [6.45, 7) is 0. The van der Waals surface area contributed by atoms with Gasteiger partial charge in [0.05, 0.1) is 33.0 Å². The van der Waals surface area contributed by atoms with E-state index < -0.39 is 44.0 Å². The number of rotatable bonds is 3. The quantitative estimate of drug-likeness (QED) is 0.739. The molecule has 11 heteroatoms. The standard InChI is InChI=1S/C15H8F6N2O2S/c16-14(17,18)10-3-11(15(19,20)21)5-13(4-10)26(24,25)8-12-2-1-9(6-22)7-23-12/h1-5,7H,8H2. The summed E-state index contributed by atoms with van der Waals surface area (Å²) in [4.78, 5) is 2.54. The third kappa shape index (κ3) is 4.51. The van der Waals surface area contributed by atoms with Crippen LogP contribution in [-0.4, -0.2) is 13.4 Å². The predicted octanol–water partition coefficient (Wildman–Crippen LogP) is 3.96. The molecule has 0 radical (unpaired) electrons. The fourth-order valence-electron chi connectivity index (χ4n) is 1.96. The van der Waals surface area contributed by atoms with Gasteiger partial charge in [-0.05, 0) is 30.3 Å². The summed E-state index contributed by atoms with van der Waals surface area (Å²) in [6.07, 6.45) is -9.27. The van der Waals surface area contributed by atoms with Crippen LogP contribution in [0.4, 0.5) is 26.3 Å². The Labute approximate surface area is 143 Å². The molecule has 0 saturated carbocycles. The van der Waals surface area contributed by atoms with Crippen LogP contribution in [-0.2, 0) is 27.9 Å². The van der Waals surface area contributed by atoms with Gasteiger partial charge in [0.15, 0.2) is 9.84 Å². The zero-order chi connectivity index (χ0) is 19.8. The molecular formula is C15H8F6N2O2S. The smallest absolute Gasteiger partial charge is 0.259 e. The Morgan fingerprint density at radius 3 is 1.88 bits per heavy atom. The summed E-state index contributed by atoms with van der Waals surface area (Å²) in [5, 5.41) is 8.63. The van der Waals surface area contributed by atoms with Gasteiger partial charge in [-0.3, -0.25) is 4.98 Å². The molecule has 26 heavy (non-hydrogen) atoms. The van der Waals surface area contributed by atoms with Crippen molar-refractivity contribution >= 4 is 9.84 Å². The minimum Gasteiger partial charge on any atom is -0.259 e. The Hall–Kier alpha value is -2.61. The molecule has 2 aromatic rings. The van der Waals surface area contributed by atoms with Gasteiger partial charge in [0.1, 0.15) is 6.07 Å². The van der Waals surface area contributed by atoms with Crippen LogP contribution in [0, 0.1) is 11.3 Å². The van der Waals surface area contributed by atoms with E-state index in [0.717, 1.165) is 12.3 Å². The zero-order valence-corrected chi connectivity index (χ0v) is 13.4. The summed E-state index contributed by atoms with van der Waals surface area (Å²) in [5.74, 6) is -0.919. The van der Waals surface area contributed by atoms with E-state index in [2.05, 4.69) is 4.98 Å². The third-order valence-electron chi connectivity index (χ3n) is 3.21. The second-order valence-corrected chi connectivity index (χ2v) is 7.14. The molecule has 1 aromatic carbocycles. The molecule has 1 heterocycles. The van der Waals surface area contributed by atoms with Gasteiger partial charge in [0.25, 0.3) is 0 Å². The number of alkyl halides is 6. The summed E-state index contributed by atoms with van der Waals surface area (Å²) in [5.41, 5.74) is -3.46. The zero-order valence-electron chi connectivity index (χ0n) is 12.6. The molecule has 0 aliphatic heterocycles. The molecule has 138 valence electrons. The highest BCUT2D eigenvalue weighted by Gasteiger charge is 2.38. The number of nitriles is 1. The molecule has 0 saturated heterocycles. The lowest BCUT2D eigenvalue weighted by molar-refractivity contribution is -0.143. The molecular weight excluding hydrogens is 386 g/mol. The van der Waals surface area contributed by atoms with Crippen molar-refractivity contribution in [3.8, 4) is 6.07 Å². The SMILES string of the molecule is N#Cc1ccc(CS(=O)(=O)c2cc(C(F)(F)F)cc(C(F)(F)F)c2)nc1. The Morgan fingerprint density at radius 2 is 1.50 bits per heavy atom. The van der Waals surface area contributed by atoms with Crippen LogP contribution < -0.4 is 0 Å². The molecule has 1 aromatic heterocycles. The fourth-order valence-corrected chi connectivity index (χ4v) is 3.30. The van der Waals surface area contributed by atoms with E-state index in [1.54, 1.807) is 6.07 Å². The van der Waals surface area contributed by atoms with Gasteiger partial charge in [0, 0.05) is 6.20 Å². The Bertz CT molecular complexity index is 925. The van der Waals surface area contributed by atoms with Crippen LogP contribution in [0.1, 0.15) is 22.4 Å². The Balaban J connectivity index is 2.52. The van der Waals surface area contributed by atoms with Crippen molar-refractivity contribution < 1.29 is 34.8 Å². The maximum Gasteiger partial charge on any atom is 0.416 e. The van der Waals surface area contributed by atoms with E-state index in [0.29, 0.717) is 0 Å². The minimum absolute atomic E-state index is 0.115. The summed E-state index contributed by atoms with van der Waals surface area (Å²) < 4.78 is 102. The van der Waals surface area contributed by atoms with Crippen molar-refractivity contribution in [3.63, 3.8) is 0 Å². The molecule has 0 atom stereocenters. The number of sulfone groups is 1. The van der Waals surface area contributed by atoms with E-state index in [9.17, 15) is 34.8 Å². The van der Waals surface area contributed by atoms with Crippen LogP contribution in [0.3, 0.4) is 0 Å². The van der Waals surface area contributed by atoms with Gasteiger partial charge in [-0.25, -0.2) is 8.42 Å². The summed E-state index contributed by atoms with van der Waals surface area (Å²) >= 11 is 0. The molecule has 0 fully saturated rings. The minimum atomic E-state index is -5.15. The first kappa shape index (κ1) is 19.7. The van der Waals surface area contributed by atoms with E-state index in [-0.39, 0.29) is 29.5 Å². The Kier molecular flexibility index (Phi) is 5.01. The predicted molar refractivity (Wildman–Crippen MR) is 76.3 cm³/mol. The molecule has 4 nitrogen and oxygen atoms in total. The maximum absolute atomic E-state index is 12.8. The van der Waals surface area contributed by atoms with Crippen LogP contribution in [0.5, 0.6) is 0 Å². The van der Waals surface area contributed by atoms with Crippen LogP contribution in [0.25, 0.3) is 0 Å². The van der Waals surface area contributed by atoms with Crippen LogP contribution in [0.15, 0.2) is 41.4 Å². The van der Waals surface area contributed by atoms with Crippen molar-refractivity contribution in [1.29, 1.82) is 5.26 Å². The van der Waals surface area contributed by atoms with Crippen LogP contribution in [0.2, 0.25) is 0 Å². The number of aromatic nitrogens is 1. The number of halogens is 6. The number of hydrogen-bond donors (Lipinski definition) is 0. The van der Waals surface area contributed by atoms with Crippen molar-refractivity contribution in [2.45, 2.75) is 23.0 Å². The van der Waals surface area contributed by atoms with E-state index >= 15 is 0 Å². The third-order valence-corrected chi connectivity index (χ3v) is 4.84. The van der Waals surface area contributed by atoms with Crippen LogP contribution >= 0.6 is 0 Å². The number of benzene rings is 1. The lowest BCUT2D eigenvalue weighted by atomic mass is 10.1. The van der Waals surface area contributed by atoms with E-state index in [4.69, 9.17) is 5.26 Å². The van der Waals surface area contributed by atoms with Gasteiger partial charge in [-0.15, -0.1) is 0 Å². The van der Waals surface area contributed by atoms with Gasteiger partial charge < -0.3 is 0 Å². The van der Waals surface area contributed by atoms with Crippen molar-refractivity contribution in [2.75, 3.05) is 0 Å². The molecule has 0 unspecified atom stereocenters. The monoisotopic (exact) mass is 394 g/mol. The molecule has 0 spiro atoms. The first-order valence-corrected chi connectivity index (χ1v) is 8.35. The highest BCUT2D eigenvalue weighted by atomic mass is 32.2. The highest BCUT2D eigenvalue weighted by molar-refractivity contribution is 7.90. The molecule has 0 N–H and O–H groups in total. The van der Waals surface area contributed by atoms with Crippen molar-refractivity contribution in [3.05, 3.63) is 58.9 Å². The van der Waals surface area contributed by atoms with Gasteiger partial charge in [-0.2, -0.15) is 31.6 Å². The number of pyridine rings is 1. The fraction of sp³-hybridized carbons (Fsp3) is 0.200. The first-order valence-electron chi connectivity index (χ1n) is 6.70. The average Bonchev–Trinajstić information content (AvgIpc) is 2.53. The maximum atomic E-state index is 12.8. The first-order chi connectivity index (χ1) is 11.8. The normalized spacial score (nSPS) is 12.7. The lowest BCUT2D eigenvalue weighted by Crippen LogP contribution is -2.14. The van der Waals surface area contributed by atoms with Crippen molar-refractivity contribution in [2.24, 2.45) is 0 Å². The largest absolute Gasteiger partial charge is 0.416 e. The lowest BCUT2D eigenvalue weighted by Gasteiger charge is -2.14. The molecule has 0 amide bonds. The van der Waals surface area contributed by atoms with Gasteiger partial charge >= 0.3 is 12.4 Å². The molecule has 0 aliphatic carbocycles. The van der Waals surface area contributed by atoms with Crippen molar-refractivity contribution in [1.82, 2.24) is 4.98 Å². The highest BCUT2D eigenvalue weighted by Crippen LogP contribution is 2.37. The Morgan fingerprint density at radius 1 is 0.962 bits per heavy atom. The summed E-state index contributed by atoms with van der Waals surface area (Å²) in [6, 6.07) is 4.25. The second-order valence-electron chi connectivity index (χ2n) is 5.15. The number of nitrogens with zero attached hydrogens (tertiary/aromatic N) is 2. The van der Waals surface area contributed by atoms with Gasteiger partial charge in [-0.1, -0.05) is 0 Å². The van der Waals surface area contributed by atoms with Gasteiger partial charge in [0.2, 0.25) is 0 Å².